The average Bonchev–Trinajstić information content (AvgIpc) is 2.04. The Hall–Kier alpha value is -0.980. The van der Waals surface area contributed by atoms with Gasteiger partial charge in [-0.1, -0.05) is 0 Å². The fraction of sp³-hybridized carbons (Fsp3) is 0.143. The molecule has 0 saturated heterocycles. The Bertz CT molecular complexity index is 352. The summed E-state index contributed by atoms with van der Waals surface area (Å²) in [5.41, 5.74) is 4.71. The molecule has 0 aromatic heterocycles. The highest BCUT2D eigenvalue weighted by Crippen LogP contribution is 2.32. The van der Waals surface area contributed by atoms with Crippen LogP contribution in [0.1, 0.15) is 0 Å². The van der Waals surface area contributed by atoms with Crippen LogP contribution >= 0.6 is 15.9 Å². The van der Waals surface area contributed by atoms with E-state index in [1.807, 2.05) is 0 Å². The van der Waals surface area contributed by atoms with Gasteiger partial charge in [0, 0.05) is 4.47 Å². The Labute approximate surface area is 84.8 Å². The molecule has 0 aliphatic rings. The van der Waals surface area contributed by atoms with Crippen molar-refractivity contribution in [3.63, 3.8) is 0 Å². The van der Waals surface area contributed by atoms with Crippen LogP contribution < -0.4 is 10.5 Å². The van der Waals surface area contributed by atoms with Gasteiger partial charge in [0.15, 0.2) is 11.6 Å². The molecule has 0 spiro atoms. The molecule has 1 rings (SSSR count). The number of nitrogens with two attached hydrogens (primary N) is 1. The molecular weight excluding hydrogens is 270 g/mol. The summed E-state index contributed by atoms with van der Waals surface area (Å²) in [6.07, 6.45) is -4.93. The zero-order chi connectivity index (χ0) is 10.9. The van der Waals surface area contributed by atoms with Crippen LogP contribution in [-0.4, -0.2) is 6.36 Å². The Balaban J connectivity index is 3.06. The number of rotatable bonds is 1. The van der Waals surface area contributed by atoms with E-state index in [4.69, 9.17) is 5.73 Å². The van der Waals surface area contributed by atoms with Crippen LogP contribution in [0.2, 0.25) is 0 Å². The Morgan fingerprint density at radius 2 is 1.86 bits per heavy atom. The molecule has 0 atom stereocenters. The minimum absolute atomic E-state index is 0.171. The zero-order valence-electron chi connectivity index (χ0n) is 6.53. The summed E-state index contributed by atoms with van der Waals surface area (Å²) in [5.74, 6) is -2.19. The maximum absolute atomic E-state index is 13.0. The van der Waals surface area contributed by atoms with E-state index in [2.05, 4.69) is 20.7 Å². The number of hydrogen-bond donors (Lipinski definition) is 1. The van der Waals surface area contributed by atoms with Gasteiger partial charge in [0.2, 0.25) is 0 Å². The monoisotopic (exact) mass is 273 g/mol. The van der Waals surface area contributed by atoms with Gasteiger partial charge in [0.05, 0.1) is 5.69 Å². The van der Waals surface area contributed by atoms with E-state index in [-0.39, 0.29) is 4.47 Å². The third-order valence-corrected chi connectivity index (χ3v) is 2.01. The van der Waals surface area contributed by atoms with Gasteiger partial charge in [-0.25, -0.2) is 4.39 Å². The van der Waals surface area contributed by atoms with E-state index in [0.717, 1.165) is 6.07 Å². The van der Waals surface area contributed by atoms with Crippen molar-refractivity contribution in [1.82, 2.24) is 0 Å². The van der Waals surface area contributed by atoms with Crippen LogP contribution in [-0.2, 0) is 0 Å². The normalized spacial score (nSPS) is 11.5. The van der Waals surface area contributed by atoms with Crippen molar-refractivity contribution >= 4 is 21.6 Å². The second kappa shape index (κ2) is 3.64. The second-order valence-electron chi connectivity index (χ2n) is 2.32. The third-order valence-electron chi connectivity index (χ3n) is 1.32. The fourth-order valence-electron chi connectivity index (χ4n) is 0.753. The van der Waals surface area contributed by atoms with Crippen molar-refractivity contribution < 1.29 is 22.3 Å². The summed E-state index contributed by atoms with van der Waals surface area (Å²) in [4.78, 5) is 0. The Morgan fingerprint density at radius 3 is 2.36 bits per heavy atom. The number of anilines is 1. The highest BCUT2D eigenvalue weighted by Gasteiger charge is 2.32. The first-order valence-electron chi connectivity index (χ1n) is 3.30. The molecule has 0 saturated carbocycles. The van der Waals surface area contributed by atoms with Crippen molar-refractivity contribution in [3.8, 4) is 5.75 Å². The number of nitrogen functional groups attached to an aromatic ring is 1. The lowest BCUT2D eigenvalue weighted by atomic mass is 10.3. The highest BCUT2D eigenvalue weighted by molar-refractivity contribution is 9.10. The van der Waals surface area contributed by atoms with Crippen LogP contribution in [0.25, 0.3) is 0 Å². The molecule has 0 heterocycles. The number of hydrogen-bond acceptors (Lipinski definition) is 2. The van der Waals surface area contributed by atoms with Crippen LogP contribution in [0, 0.1) is 5.82 Å². The van der Waals surface area contributed by atoms with Gasteiger partial charge in [-0.05, 0) is 28.1 Å². The van der Waals surface area contributed by atoms with Gasteiger partial charge in [-0.3, -0.25) is 0 Å². The standard InChI is InChI=1S/C7H4BrF4NO/c8-3-1-2-4(5(9)6(3)13)14-7(10,11)12/h1-2H,13H2. The number of ether oxygens (including phenoxy) is 1. The lowest BCUT2D eigenvalue weighted by Gasteiger charge is -2.10. The molecule has 7 heteroatoms. The maximum atomic E-state index is 13.0. The average molecular weight is 274 g/mol. The molecule has 14 heavy (non-hydrogen) atoms. The molecule has 0 fully saturated rings. The summed E-state index contributed by atoms with van der Waals surface area (Å²) >= 11 is 2.86. The SMILES string of the molecule is Nc1c(Br)ccc(OC(F)(F)F)c1F. The van der Waals surface area contributed by atoms with E-state index < -0.39 is 23.6 Å². The first-order valence-corrected chi connectivity index (χ1v) is 4.10. The van der Waals surface area contributed by atoms with Crippen LogP contribution in [0.15, 0.2) is 16.6 Å². The van der Waals surface area contributed by atoms with Crippen molar-refractivity contribution in [1.29, 1.82) is 0 Å². The molecule has 2 nitrogen and oxygen atoms in total. The molecule has 0 aliphatic heterocycles. The molecule has 0 amide bonds. The quantitative estimate of drug-likeness (QED) is 0.631. The summed E-state index contributed by atoms with van der Waals surface area (Å²) in [6.45, 7) is 0. The van der Waals surface area contributed by atoms with Crippen LogP contribution in [0.3, 0.4) is 0 Å². The topological polar surface area (TPSA) is 35.2 Å². The lowest BCUT2D eigenvalue weighted by Crippen LogP contribution is -2.18. The van der Waals surface area contributed by atoms with E-state index in [1.54, 1.807) is 0 Å². The van der Waals surface area contributed by atoms with Gasteiger partial charge >= 0.3 is 6.36 Å². The zero-order valence-corrected chi connectivity index (χ0v) is 8.12. The van der Waals surface area contributed by atoms with E-state index in [9.17, 15) is 17.6 Å². The van der Waals surface area contributed by atoms with E-state index in [1.165, 1.54) is 6.07 Å². The predicted molar refractivity (Wildman–Crippen MR) is 45.2 cm³/mol. The van der Waals surface area contributed by atoms with E-state index in [0.29, 0.717) is 0 Å². The number of benzene rings is 1. The van der Waals surface area contributed by atoms with Crippen molar-refractivity contribution in [2.45, 2.75) is 6.36 Å². The van der Waals surface area contributed by atoms with Gasteiger partial charge in [-0.2, -0.15) is 0 Å². The van der Waals surface area contributed by atoms with Gasteiger partial charge in [-0.15, -0.1) is 13.2 Å². The smallest absolute Gasteiger partial charge is 0.403 e. The molecule has 2 N–H and O–H groups in total. The molecule has 0 bridgehead atoms. The summed E-state index contributed by atoms with van der Waals surface area (Å²) in [5, 5.41) is 0. The predicted octanol–water partition coefficient (Wildman–Crippen LogP) is 3.07. The fourth-order valence-corrected chi connectivity index (χ4v) is 1.06. The van der Waals surface area contributed by atoms with Crippen molar-refractivity contribution in [2.24, 2.45) is 0 Å². The largest absolute Gasteiger partial charge is 0.573 e. The lowest BCUT2D eigenvalue weighted by molar-refractivity contribution is -0.275. The molecule has 78 valence electrons. The van der Waals surface area contributed by atoms with Crippen LogP contribution in [0.5, 0.6) is 5.75 Å². The van der Waals surface area contributed by atoms with Gasteiger partial charge in [0.1, 0.15) is 0 Å². The van der Waals surface area contributed by atoms with Crippen molar-refractivity contribution in [3.05, 3.63) is 22.4 Å². The minimum Gasteiger partial charge on any atom is -0.403 e. The third kappa shape index (κ3) is 2.50. The molecule has 0 aliphatic carbocycles. The molecule has 1 aromatic carbocycles. The van der Waals surface area contributed by atoms with Crippen molar-refractivity contribution in [2.75, 3.05) is 5.73 Å². The summed E-state index contributed by atoms with van der Waals surface area (Å²) in [6, 6.07) is 2.00. The summed E-state index contributed by atoms with van der Waals surface area (Å²) < 4.78 is 51.7. The second-order valence-corrected chi connectivity index (χ2v) is 3.18. The number of halogens is 5. The highest BCUT2D eigenvalue weighted by atomic mass is 79.9. The van der Waals surface area contributed by atoms with E-state index >= 15 is 0 Å². The van der Waals surface area contributed by atoms with Gasteiger partial charge in [0.25, 0.3) is 0 Å². The van der Waals surface area contributed by atoms with Crippen LogP contribution in [0.4, 0.5) is 23.2 Å². The Morgan fingerprint density at radius 1 is 1.29 bits per heavy atom. The molecule has 0 unspecified atom stereocenters. The number of alkyl halides is 3. The minimum atomic E-state index is -4.93. The first-order chi connectivity index (χ1) is 6.31. The van der Waals surface area contributed by atoms with Gasteiger partial charge < -0.3 is 10.5 Å². The first kappa shape index (κ1) is 11.1. The Kier molecular flexibility index (Phi) is 2.89. The molecule has 0 radical (unpaired) electrons. The summed E-state index contributed by atoms with van der Waals surface area (Å²) in [7, 11) is 0. The molecular formula is C7H4BrF4NO. The molecule has 1 aromatic rings. The maximum Gasteiger partial charge on any atom is 0.573 e.